The Kier molecular flexibility index (Phi) is 5.44. The van der Waals surface area contributed by atoms with Gasteiger partial charge >= 0.3 is 6.03 Å². The molecular weight excluding hydrogens is 249 g/mol. The fourth-order valence-corrected chi connectivity index (χ4v) is 1.61. The van der Waals surface area contributed by atoms with Gasteiger partial charge in [-0.15, -0.1) is 0 Å². The molecule has 2 unspecified atom stereocenters. The van der Waals surface area contributed by atoms with Gasteiger partial charge in [0.25, 0.3) is 0 Å². The maximum absolute atomic E-state index is 13.1. The lowest BCUT2D eigenvalue weighted by Crippen LogP contribution is -2.47. The van der Waals surface area contributed by atoms with Gasteiger partial charge in [-0.1, -0.05) is 12.1 Å². The van der Waals surface area contributed by atoms with Gasteiger partial charge in [-0.2, -0.15) is 0 Å². The number of urea groups is 1. The molecule has 0 bridgehead atoms. The first kappa shape index (κ1) is 15.1. The summed E-state index contributed by atoms with van der Waals surface area (Å²) in [5.74, 6) is -0.767. The Balaban J connectivity index is 2.58. The van der Waals surface area contributed by atoms with Gasteiger partial charge in [-0.25, -0.2) is 9.18 Å². The molecule has 0 saturated heterocycles. The van der Waals surface area contributed by atoms with Crippen molar-refractivity contribution in [2.24, 2.45) is 0 Å². The number of halogens is 1. The van der Waals surface area contributed by atoms with Gasteiger partial charge in [-0.3, -0.25) is 15.4 Å². The van der Waals surface area contributed by atoms with Crippen molar-refractivity contribution in [3.05, 3.63) is 35.6 Å². The highest BCUT2D eigenvalue weighted by Gasteiger charge is 2.17. The lowest BCUT2D eigenvalue weighted by molar-refractivity contribution is -0.121. The van der Waals surface area contributed by atoms with Gasteiger partial charge in [-0.05, 0) is 31.5 Å². The van der Waals surface area contributed by atoms with E-state index in [0.717, 1.165) is 5.56 Å². The van der Waals surface area contributed by atoms with Crippen LogP contribution in [0.1, 0.15) is 25.5 Å². The average Bonchev–Trinajstić information content (AvgIpc) is 2.38. The lowest BCUT2D eigenvalue weighted by atomic mass is 10.1. The van der Waals surface area contributed by atoms with E-state index in [1.165, 1.54) is 19.2 Å². The molecule has 19 heavy (non-hydrogen) atoms. The first-order valence-electron chi connectivity index (χ1n) is 5.98. The topological polar surface area (TPSA) is 70.2 Å². The van der Waals surface area contributed by atoms with Gasteiger partial charge < -0.3 is 5.32 Å². The fourth-order valence-electron chi connectivity index (χ4n) is 1.61. The maximum atomic E-state index is 13.1. The van der Waals surface area contributed by atoms with E-state index in [2.05, 4.69) is 16.0 Å². The molecule has 0 aliphatic heterocycles. The van der Waals surface area contributed by atoms with E-state index in [1.807, 2.05) is 6.92 Å². The zero-order valence-electron chi connectivity index (χ0n) is 11.2. The number of imide groups is 1. The molecule has 0 saturated carbocycles. The quantitative estimate of drug-likeness (QED) is 0.770. The third kappa shape index (κ3) is 4.67. The number of nitrogens with one attached hydrogen (secondary N) is 3. The number of carbonyl (C=O) groups is 2. The zero-order valence-corrected chi connectivity index (χ0v) is 11.2. The number of benzene rings is 1. The second-order valence-electron chi connectivity index (χ2n) is 4.23. The van der Waals surface area contributed by atoms with Crippen LogP contribution in [-0.4, -0.2) is 25.0 Å². The third-order valence-corrected chi connectivity index (χ3v) is 2.71. The number of hydrogen-bond donors (Lipinski definition) is 3. The summed E-state index contributed by atoms with van der Waals surface area (Å²) in [6, 6.07) is 4.80. The molecule has 0 heterocycles. The summed E-state index contributed by atoms with van der Waals surface area (Å²) in [6.45, 7) is 3.45. The molecule has 1 rings (SSSR count). The highest BCUT2D eigenvalue weighted by atomic mass is 19.1. The molecule has 104 valence electrons. The molecule has 0 fully saturated rings. The minimum absolute atomic E-state index is 0.207. The van der Waals surface area contributed by atoms with Crippen LogP contribution in [0.15, 0.2) is 24.3 Å². The minimum atomic E-state index is -0.574. The Morgan fingerprint density at radius 2 is 1.95 bits per heavy atom. The Morgan fingerprint density at radius 3 is 2.53 bits per heavy atom. The van der Waals surface area contributed by atoms with E-state index in [4.69, 9.17) is 0 Å². The summed E-state index contributed by atoms with van der Waals surface area (Å²) in [5, 5.41) is 7.46. The molecule has 0 aliphatic rings. The van der Waals surface area contributed by atoms with Crippen LogP contribution < -0.4 is 16.0 Å². The standard InChI is InChI=1S/C13H18FN3O2/c1-8(10-5-4-6-11(14)7-10)16-9(2)12(18)17-13(19)15-3/h4-9,16H,1-3H3,(H2,15,17,18,19). The van der Waals surface area contributed by atoms with Crippen molar-refractivity contribution < 1.29 is 14.0 Å². The first-order chi connectivity index (χ1) is 8.93. The summed E-state index contributed by atoms with van der Waals surface area (Å²) in [6.07, 6.45) is 0. The predicted octanol–water partition coefficient (Wildman–Crippen LogP) is 1.32. The van der Waals surface area contributed by atoms with Crippen LogP contribution in [0.5, 0.6) is 0 Å². The van der Waals surface area contributed by atoms with Crippen LogP contribution in [0, 0.1) is 5.82 Å². The van der Waals surface area contributed by atoms with Crippen molar-refractivity contribution in [1.29, 1.82) is 0 Å². The van der Waals surface area contributed by atoms with E-state index in [9.17, 15) is 14.0 Å². The summed E-state index contributed by atoms with van der Waals surface area (Å²) < 4.78 is 13.1. The van der Waals surface area contributed by atoms with Crippen LogP contribution in [0.4, 0.5) is 9.18 Å². The Morgan fingerprint density at radius 1 is 1.26 bits per heavy atom. The van der Waals surface area contributed by atoms with Crippen LogP contribution in [0.2, 0.25) is 0 Å². The molecule has 1 aromatic rings. The SMILES string of the molecule is CNC(=O)NC(=O)C(C)NC(C)c1cccc(F)c1. The number of carbonyl (C=O) groups excluding carboxylic acids is 2. The first-order valence-corrected chi connectivity index (χ1v) is 5.98. The normalized spacial score (nSPS) is 13.5. The van der Waals surface area contributed by atoms with Crippen LogP contribution in [0.25, 0.3) is 0 Å². The summed E-state index contributed by atoms with van der Waals surface area (Å²) >= 11 is 0. The molecule has 0 aromatic heterocycles. The minimum Gasteiger partial charge on any atom is -0.341 e. The molecule has 0 aliphatic carbocycles. The molecule has 3 N–H and O–H groups in total. The monoisotopic (exact) mass is 267 g/mol. The largest absolute Gasteiger partial charge is 0.341 e. The van der Waals surface area contributed by atoms with Crippen molar-refractivity contribution in [1.82, 2.24) is 16.0 Å². The van der Waals surface area contributed by atoms with Gasteiger partial charge in [0.1, 0.15) is 5.82 Å². The van der Waals surface area contributed by atoms with Crippen molar-refractivity contribution >= 4 is 11.9 Å². The number of rotatable bonds is 4. The van der Waals surface area contributed by atoms with E-state index in [0.29, 0.717) is 0 Å². The molecular formula is C13H18FN3O2. The Labute approximate surface area is 111 Å². The van der Waals surface area contributed by atoms with Gasteiger partial charge in [0, 0.05) is 13.1 Å². The summed E-state index contributed by atoms with van der Waals surface area (Å²) in [5.41, 5.74) is 0.736. The molecule has 0 spiro atoms. The van der Waals surface area contributed by atoms with E-state index < -0.39 is 18.0 Å². The highest BCUT2D eigenvalue weighted by molar-refractivity contribution is 5.96. The smallest absolute Gasteiger partial charge is 0.321 e. The van der Waals surface area contributed by atoms with E-state index >= 15 is 0 Å². The van der Waals surface area contributed by atoms with E-state index in [-0.39, 0.29) is 11.9 Å². The molecule has 3 amide bonds. The second kappa shape index (κ2) is 6.84. The maximum Gasteiger partial charge on any atom is 0.321 e. The van der Waals surface area contributed by atoms with Crippen LogP contribution >= 0.6 is 0 Å². The Bertz CT molecular complexity index is 465. The molecule has 5 nitrogen and oxygen atoms in total. The van der Waals surface area contributed by atoms with Gasteiger partial charge in [0.15, 0.2) is 0 Å². The number of amides is 3. The predicted molar refractivity (Wildman–Crippen MR) is 70.0 cm³/mol. The molecule has 2 atom stereocenters. The third-order valence-electron chi connectivity index (χ3n) is 2.71. The second-order valence-corrected chi connectivity index (χ2v) is 4.23. The van der Waals surface area contributed by atoms with Crippen molar-refractivity contribution in [3.8, 4) is 0 Å². The Hall–Kier alpha value is -1.95. The van der Waals surface area contributed by atoms with Crippen LogP contribution in [-0.2, 0) is 4.79 Å². The van der Waals surface area contributed by atoms with Crippen molar-refractivity contribution in [3.63, 3.8) is 0 Å². The molecule has 6 heteroatoms. The van der Waals surface area contributed by atoms with Gasteiger partial charge in [0.05, 0.1) is 6.04 Å². The van der Waals surface area contributed by atoms with Crippen molar-refractivity contribution in [2.45, 2.75) is 25.9 Å². The van der Waals surface area contributed by atoms with E-state index in [1.54, 1.807) is 19.1 Å². The summed E-state index contributed by atoms with van der Waals surface area (Å²) in [4.78, 5) is 22.6. The summed E-state index contributed by atoms with van der Waals surface area (Å²) in [7, 11) is 1.43. The zero-order chi connectivity index (χ0) is 14.4. The van der Waals surface area contributed by atoms with Crippen LogP contribution in [0.3, 0.4) is 0 Å². The molecule has 0 radical (unpaired) electrons. The number of hydrogen-bond acceptors (Lipinski definition) is 3. The van der Waals surface area contributed by atoms with Gasteiger partial charge in [0.2, 0.25) is 5.91 Å². The molecule has 1 aromatic carbocycles. The highest BCUT2D eigenvalue weighted by Crippen LogP contribution is 2.13. The average molecular weight is 267 g/mol. The fraction of sp³-hybridized carbons (Fsp3) is 0.385. The lowest BCUT2D eigenvalue weighted by Gasteiger charge is -2.19. The van der Waals surface area contributed by atoms with Crippen molar-refractivity contribution in [2.75, 3.05) is 7.05 Å².